The van der Waals surface area contributed by atoms with Crippen LogP contribution in [0.15, 0.2) is 40.5 Å². The summed E-state index contributed by atoms with van der Waals surface area (Å²) in [5.74, 6) is -0.865. The average molecular weight is 617 g/mol. The molecule has 1 N–H and O–H groups in total. The van der Waals surface area contributed by atoms with Crippen molar-refractivity contribution in [2.45, 2.75) is 13.5 Å². The predicted molar refractivity (Wildman–Crippen MR) is 151 cm³/mol. The van der Waals surface area contributed by atoms with Gasteiger partial charge in [-0.15, -0.1) is 23.1 Å². The summed E-state index contributed by atoms with van der Waals surface area (Å²) in [6.07, 6.45) is 3.56. The van der Waals surface area contributed by atoms with Crippen LogP contribution in [0, 0.1) is 0 Å². The summed E-state index contributed by atoms with van der Waals surface area (Å²) in [6.45, 7) is 1.12. The van der Waals surface area contributed by atoms with Crippen LogP contribution in [0.2, 0.25) is 0 Å². The molecule has 42 heavy (non-hydrogen) atoms. The van der Waals surface area contributed by atoms with Crippen molar-refractivity contribution in [3.8, 4) is 17.2 Å². The number of aliphatic carboxylic acids is 1. The zero-order valence-corrected chi connectivity index (χ0v) is 24.6. The third kappa shape index (κ3) is 4.87. The number of anilines is 1. The van der Waals surface area contributed by atoms with Gasteiger partial charge in [0.1, 0.15) is 20.8 Å². The summed E-state index contributed by atoms with van der Waals surface area (Å²) in [5.41, 5.74) is 0.644. The Kier molecular flexibility index (Phi) is 7.51. The Hall–Kier alpha value is -4.70. The number of aromatic nitrogens is 1. The maximum atomic E-state index is 13.3. The fraction of sp³-hybridized carbons (Fsp3) is 0.269. The van der Waals surface area contributed by atoms with E-state index in [9.17, 15) is 29.1 Å². The molecule has 0 aliphatic carbocycles. The number of carbonyl (C=O) groups is 4. The quantitative estimate of drug-likeness (QED) is 0.453. The highest BCUT2D eigenvalue weighted by Crippen LogP contribution is 2.47. The Labute approximate surface area is 245 Å². The standard InChI is InChI=1S/C26H24N4O10S2/c1-12(23-27(2)13-8-15-16(38-11-37-15)9-14(13)39-23)6-7-17(31)28(3)25(41-5)20-22(35)30(10-18(32)33)24(42-20)19-21(34)29(4)26(36)40-19/h6-9H,10-11H2,1-5H3,(H,32,33)/b7-6?,23-12+,24-19+,25-20+. The second-order valence-electron chi connectivity index (χ2n) is 9.14. The number of carboxylic acid groups (broad SMARTS) is 1. The largest absolute Gasteiger partial charge is 0.480 e. The van der Waals surface area contributed by atoms with E-state index in [1.165, 1.54) is 25.1 Å². The number of cyclic esters (lactones) is 1. The number of likely N-dealkylation sites (N-methyl/N-ethyl adjacent to an activating group) is 2. The van der Waals surface area contributed by atoms with Crippen LogP contribution in [0.3, 0.4) is 0 Å². The van der Waals surface area contributed by atoms with Crippen LogP contribution in [0.4, 0.5) is 10.5 Å². The molecule has 0 bridgehead atoms. The van der Waals surface area contributed by atoms with Crippen molar-refractivity contribution in [2.24, 2.45) is 0 Å². The number of carboxylic acids is 1. The summed E-state index contributed by atoms with van der Waals surface area (Å²) in [6, 6.07) is 3.54. The van der Waals surface area contributed by atoms with Crippen LogP contribution in [0.25, 0.3) is 10.8 Å². The molecule has 1 aromatic heterocycles. The van der Waals surface area contributed by atoms with E-state index in [2.05, 4.69) is 0 Å². The van der Waals surface area contributed by atoms with E-state index < -0.39 is 41.7 Å². The van der Waals surface area contributed by atoms with E-state index in [1.807, 2.05) is 18.0 Å². The normalized spacial score (nSPS) is 18.8. The summed E-state index contributed by atoms with van der Waals surface area (Å²) < 4.78 is 22.5. The van der Waals surface area contributed by atoms with Gasteiger partial charge in [-0.05, 0) is 19.3 Å². The van der Waals surface area contributed by atoms with Gasteiger partial charge in [0.05, 0.1) is 5.69 Å². The molecule has 5 rings (SSSR count). The molecule has 14 nitrogen and oxygen atoms in total. The minimum atomic E-state index is -1.35. The maximum Gasteiger partial charge on any atom is 0.422 e. The van der Waals surface area contributed by atoms with Crippen LogP contribution < -0.4 is 33.9 Å². The molecule has 2 aromatic rings. The molecule has 0 unspecified atom stereocenters. The number of imide groups is 1. The van der Waals surface area contributed by atoms with E-state index in [4.69, 9.17) is 18.9 Å². The number of hydrogen-bond acceptors (Lipinski definition) is 12. The monoisotopic (exact) mass is 616 g/mol. The topological polar surface area (TPSA) is 157 Å². The molecule has 3 amide bonds. The molecule has 0 atom stereocenters. The number of allylic oxidation sites excluding steroid dienone is 2. The van der Waals surface area contributed by atoms with Crippen LogP contribution in [-0.2, 0) is 25.7 Å². The highest BCUT2D eigenvalue weighted by molar-refractivity contribution is 8.07. The summed E-state index contributed by atoms with van der Waals surface area (Å²) >= 11 is 1.83. The second kappa shape index (κ2) is 10.9. The van der Waals surface area contributed by atoms with Crippen molar-refractivity contribution in [1.82, 2.24) is 14.4 Å². The van der Waals surface area contributed by atoms with Gasteiger partial charge in [0.25, 0.3) is 11.5 Å². The van der Waals surface area contributed by atoms with E-state index in [0.717, 1.165) is 33.4 Å². The Morgan fingerprint density at radius 1 is 1.07 bits per heavy atom. The summed E-state index contributed by atoms with van der Waals surface area (Å²) in [5, 5.41) is 9.58. The lowest BCUT2D eigenvalue weighted by molar-refractivity contribution is -0.137. The van der Waals surface area contributed by atoms with Crippen molar-refractivity contribution in [2.75, 3.05) is 39.1 Å². The number of fused-ring (bicyclic) bond motifs is 2. The van der Waals surface area contributed by atoms with Gasteiger partial charge >= 0.3 is 18.0 Å². The first kappa shape index (κ1) is 28.8. The van der Waals surface area contributed by atoms with Gasteiger partial charge in [-0.3, -0.25) is 23.7 Å². The van der Waals surface area contributed by atoms with Crippen molar-refractivity contribution >= 4 is 63.5 Å². The molecule has 0 radical (unpaired) electrons. The molecule has 0 saturated carbocycles. The Morgan fingerprint density at radius 3 is 2.38 bits per heavy atom. The predicted octanol–water partition coefficient (Wildman–Crippen LogP) is 0.644. The molecule has 1 saturated heterocycles. The van der Waals surface area contributed by atoms with Crippen LogP contribution >= 0.6 is 23.1 Å². The lowest BCUT2D eigenvalue weighted by atomic mass is 10.2. The Bertz CT molecular complexity index is 1810. The van der Waals surface area contributed by atoms with E-state index >= 15 is 0 Å². The number of carbonyl (C=O) groups excluding carboxylic acids is 3. The summed E-state index contributed by atoms with van der Waals surface area (Å²) in [4.78, 5) is 66.2. The zero-order chi connectivity index (χ0) is 30.5. The van der Waals surface area contributed by atoms with E-state index in [0.29, 0.717) is 33.6 Å². The molecule has 3 aliphatic heterocycles. The van der Waals surface area contributed by atoms with Gasteiger partial charge in [-0.25, -0.2) is 9.69 Å². The number of thiazole rings is 1. The van der Waals surface area contributed by atoms with Crippen molar-refractivity contribution in [3.63, 3.8) is 0 Å². The number of ether oxygens (including phenoxy) is 4. The SMILES string of the molecule is CS/C(=c1/s/c(=C2/OC(=O)N(C)C2=O)n(CC(=O)O)c1=O)N(C)C(=O)C=C/C(C)=C1/Oc2cc3c(cc2N1C)OCO3. The number of benzene rings is 1. The van der Waals surface area contributed by atoms with Crippen molar-refractivity contribution in [1.29, 1.82) is 0 Å². The number of rotatable bonds is 6. The first-order valence-electron chi connectivity index (χ1n) is 12.2. The number of hydrogen-bond donors (Lipinski definition) is 1. The van der Waals surface area contributed by atoms with E-state index in [1.54, 1.807) is 25.3 Å². The first-order chi connectivity index (χ1) is 19.9. The molecule has 4 heterocycles. The van der Waals surface area contributed by atoms with Gasteiger partial charge in [-0.2, -0.15) is 0 Å². The van der Waals surface area contributed by atoms with Crippen LogP contribution in [-0.4, -0.2) is 77.5 Å². The fourth-order valence-corrected chi connectivity index (χ4v) is 6.41. The molecular weight excluding hydrogens is 592 g/mol. The maximum absolute atomic E-state index is 13.3. The van der Waals surface area contributed by atoms with Gasteiger partial charge in [0, 0.05) is 44.9 Å². The van der Waals surface area contributed by atoms with Crippen LogP contribution in [0.5, 0.6) is 17.2 Å². The average Bonchev–Trinajstić information content (AvgIpc) is 3.69. The van der Waals surface area contributed by atoms with Gasteiger partial charge in [0.15, 0.2) is 17.2 Å². The van der Waals surface area contributed by atoms with Crippen molar-refractivity contribution in [3.05, 3.63) is 55.3 Å². The summed E-state index contributed by atoms with van der Waals surface area (Å²) in [7, 11) is 4.47. The number of thioether (sulfide) groups is 1. The van der Waals surface area contributed by atoms with Gasteiger partial charge < -0.3 is 33.9 Å². The Balaban J connectivity index is 1.49. The van der Waals surface area contributed by atoms with Gasteiger partial charge in [0.2, 0.25) is 18.4 Å². The number of nitrogens with zero attached hydrogens (tertiary/aromatic N) is 4. The zero-order valence-electron chi connectivity index (χ0n) is 23.0. The fourth-order valence-electron chi connectivity index (χ4n) is 4.31. The van der Waals surface area contributed by atoms with Gasteiger partial charge in [-0.1, -0.05) is 0 Å². The molecular formula is C26H24N4O10S2. The van der Waals surface area contributed by atoms with Crippen LogP contribution in [0.1, 0.15) is 6.92 Å². The molecule has 16 heteroatoms. The second-order valence-corrected chi connectivity index (χ2v) is 10.9. The minimum Gasteiger partial charge on any atom is -0.480 e. The lowest BCUT2D eigenvalue weighted by Crippen LogP contribution is -2.38. The third-order valence-corrected chi connectivity index (χ3v) is 8.66. The third-order valence-electron chi connectivity index (χ3n) is 6.50. The minimum absolute atomic E-state index is 0.00391. The highest BCUT2D eigenvalue weighted by atomic mass is 32.2. The highest BCUT2D eigenvalue weighted by Gasteiger charge is 2.36. The first-order valence-corrected chi connectivity index (χ1v) is 14.2. The number of amides is 3. The Morgan fingerprint density at radius 2 is 1.76 bits per heavy atom. The molecule has 1 fully saturated rings. The molecule has 0 spiro atoms. The smallest absolute Gasteiger partial charge is 0.422 e. The molecule has 220 valence electrons. The van der Waals surface area contributed by atoms with E-state index in [-0.39, 0.29) is 21.0 Å². The molecule has 3 aliphatic rings. The molecule has 1 aromatic carbocycles. The lowest BCUT2D eigenvalue weighted by Gasteiger charge is -2.16. The van der Waals surface area contributed by atoms with Crippen molar-refractivity contribution < 1.29 is 43.2 Å².